The van der Waals surface area contributed by atoms with Crippen LogP contribution in [0.2, 0.25) is 0 Å². The van der Waals surface area contributed by atoms with Gasteiger partial charge in [0.15, 0.2) is 0 Å². The first-order chi connectivity index (χ1) is 14.2. The van der Waals surface area contributed by atoms with Crippen molar-refractivity contribution in [3.8, 4) is 11.8 Å². The molecule has 1 unspecified atom stereocenters. The van der Waals surface area contributed by atoms with E-state index in [4.69, 9.17) is 10.00 Å². The van der Waals surface area contributed by atoms with Crippen molar-refractivity contribution in [1.82, 2.24) is 10.2 Å². The van der Waals surface area contributed by atoms with Gasteiger partial charge in [0.2, 0.25) is 0 Å². The Kier molecular flexibility index (Phi) is 8.55. The largest absolute Gasteiger partial charge is 0.494 e. The summed E-state index contributed by atoms with van der Waals surface area (Å²) in [6.07, 6.45) is 5.34. The second-order valence-electron chi connectivity index (χ2n) is 7.99. The zero-order chi connectivity index (χ0) is 20.3. The van der Waals surface area contributed by atoms with Gasteiger partial charge in [0.05, 0.1) is 12.7 Å². The fourth-order valence-corrected chi connectivity index (χ4v) is 3.83. The third-order valence-corrected chi connectivity index (χ3v) is 5.61. The minimum Gasteiger partial charge on any atom is -0.494 e. The molecule has 4 nitrogen and oxygen atoms in total. The summed E-state index contributed by atoms with van der Waals surface area (Å²) in [7, 11) is 0. The molecule has 3 rings (SSSR count). The maximum absolute atomic E-state index is 8.58. The number of rotatable bonds is 10. The van der Waals surface area contributed by atoms with Gasteiger partial charge in [-0.15, -0.1) is 0 Å². The first-order valence-corrected chi connectivity index (χ1v) is 10.9. The number of hydrogen-bond acceptors (Lipinski definition) is 4. The second kappa shape index (κ2) is 11.6. The summed E-state index contributed by atoms with van der Waals surface area (Å²) in [4.78, 5) is 2.60. The van der Waals surface area contributed by atoms with Crippen LogP contribution in [0.3, 0.4) is 0 Å². The topological polar surface area (TPSA) is 48.3 Å². The van der Waals surface area contributed by atoms with Crippen LogP contribution in [0.25, 0.3) is 0 Å². The van der Waals surface area contributed by atoms with Crippen molar-refractivity contribution in [3.63, 3.8) is 0 Å². The number of likely N-dealkylation sites (tertiary alicyclic amines) is 1. The van der Waals surface area contributed by atoms with Crippen LogP contribution in [0.5, 0.6) is 5.75 Å². The molecule has 0 aliphatic carbocycles. The van der Waals surface area contributed by atoms with Crippen molar-refractivity contribution in [2.45, 2.75) is 64.7 Å². The summed E-state index contributed by atoms with van der Waals surface area (Å²) in [6.45, 7) is 6.90. The summed E-state index contributed by atoms with van der Waals surface area (Å²) < 4.78 is 5.71. The van der Waals surface area contributed by atoms with Gasteiger partial charge in [-0.3, -0.25) is 4.90 Å². The summed E-state index contributed by atoms with van der Waals surface area (Å²) in [6, 6.07) is 20.0. The molecule has 1 atom stereocenters. The van der Waals surface area contributed by atoms with Crippen LogP contribution in [0.4, 0.5) is 0 Å². The van der Waals surface area contributed by atoms with Crippen LogP contribution < -0.4 is 10.1 Å². The van der Waals surface area contributed by atoms with Crippen LogP contribution in [0.1, 0.15) is 55.7 Å². The third-order valence-electron chi connectivity index (χ3n) is 5.61. The van der Waals surface area contributed by atoms with E-state index < -0.39 is 0 Å². The third kappa shape index (κ3) is 7.20. The molecular formula is C25H33N3O. The van der Waals surface area contributed by atoms with Gasteiger partial charge in [0.25, 0.3) is 0 Å². The highest BCUT2D eigenvalue weighted by molar-refractivity contribution is 5.28. The number of unbranched alkanes of at least 4 members (excludes halogenated alkanes) is 1. The lowest BCUT2D eigenvalue weighted by molar-refractivity contribution is 0.152. The zero-order valence-corrected chi connectivity index (χ0v) is 17.6. The van der Waals surface area contributed by atoms with Crippen LogP contribution in [0.15, 0.2) is 48.5 Å². The fourth-order valence-electron chi connectivity index (χ4n) is 3.83. The van der Waals surface area contributed by atoms with Gasteiger partial charge in [-0.05, 0) is 61.6 Å². The second-order valence-corrected chi connectivity index (χ2v) is 7.99. The highest BCUT2D eigenvalue weighted by Gasteiger charge is 2.17. The Hall–Kier alpha value is -2.35. The smallest absolute Gasteiger partial charge is 0.119 e. The highest BCUT2D eigenvalue weighted by Crippen LogP contribution is 2.19. The van der Waals surface area contributed by atoms with E-state index in [1.165, 1.54) is 42.5 Å². The molecule has 1 aliphatic rings. The normalized spacial score (nSPS) is 17.0. The maximum atomic E-state index is 8.58. The number of nitriles is 1. The van der Waals surface area contributed by atoms with Crippen LogP contribution in [-0.4, -0.2) is 24.1 Å². The first-order valence-electron chi connectivity index (χ1n) is 10.9. The molecule has 0 spiro atoms. The molecule has 0 aromatic heterocycles. The fraction of sp³-hybridized carbons (Fsp3) is 0.480. The number of hydrogen-bond donors (Lipinski definition) is 1. The van der Waals surface area contributed by atoms with Crippen molar-refractivity contribution in [2.75, 3.05) is 13.2 Å². The van der Waals surface area contributed by atoms with E-state index >= 15 is 0 Å². The number of nitrogens with one attached hydrogen (secondary N) is 1. The van der Waals surface area contributed by atoms with E-state index in [2.05, 4.69) is 59.6 Å². The molecule has 4 heteroatoms. The standard InChI is InChI=1S/C25H33N3O/c1-21-7-2-4-15-28(21)20-23-12-10-22(11-13-23)18-27-19-24-8-6-9-25(17-24)29-16-5-3-14-26/h6,8-13,17,21,27H,2-5,7,15-16,18-20H2,1H3. The molecule has 2 aromatic carbocycles. The minimum absolute atomic E-state index is 0.539. The SMILES string of the molecule is CC1CCCCN1Cc1ccc(CNCc2cccc(OCCCC#N)c2)cc1. The highest BCUT2D eigenvalue weighted by atomic mass is 16.5. The van der Waals surface area contributed by atoms with E-state index in [1.54, 1.807) is 0 Å². The molecule has 1 saturated heterocycles. The number of piperidine rings is 1. The predicted octanol–water partition coefficient (Wildman–Crippen LogP) is 5.03. The van der Waals surface area contributed by atoms with Gasteiger partial charge in [-0.25, -0.2) is 0 Å². The average molecular weight is 392 g/mol. The van der Waals surface area contributed by atoms with E-state index in [9.17, 15) is 0 Å². The molecule has 0 radical (unpaired) electrons. The van der Waals surface area contributed by atoms with Gasteiger partial charge in [0.1, 0.15) is 5.75 Å². The number of ether oxygens (including phenoxy) is 1. The van der Waals surface area contributed by atoms with Crippen LogP contribution in [0, 0.1) is 11.3 Å². The Bertz CT molecular complexity index is 781. The van der Waals surface area contributed by atoms with Crippen LogP contribution >= 0.6 is 0 Å². The Labute approximate surface area is 175 Å². The minimum atomic E-state index is 0.539. The lowest BCUT2D eigenvalue weighted by atomic mass is 10.0. The van der Waals surface area contributed by atoms with Gasteiger partial charge in [-0.1, -0.05) is 42.8 Å². The van der Waals surface area contributed by atoms with Gasteiger partial charge in [-0.2, -0.15) is 5.26 Å². The Morgan fingerprint density at radius 1 is 1.07 bits per heavy atom. The average Bonchev–Trinajstić information content (AvgIpc) is 2.74. The Morgan fingerprint density at radius 3 is 2.66 bits per heavy atom. The predicted molar refractivity (Wildman–Crippen MR) is 117 cm³/mol. The summed E-state index contributed by atoms with van der Waals surface area (Å²) in [5, 5.41) is 12.1. The molecule has 0 saturated carbocycles. The Balaban J connectivity index is 1.42. The van der Waals surface area contributed by atoms with Crippen LogP contribution in [-0.2, 0) is 19.6 Å². The Morgan fingerprint density at radius 2 is 1.86 bits per heavy atom. The molecule has 1 fully saturated rings. The van der Waals surface area contributed by atoms with E-state index in [0.717, 1.165) is 31.8 Å². The molecule has 0 bridgehead atoms. The van der Waals surface area contributed by atoms with E-state index in [1.807, 2.05) is 12.1 Å². The van der Waals surface area contributed by atoms with Gasteiger partial charge < -0.3 is 10.1 Å². The maximum Gasteiger partial charge on any atom is 0.119 e. The quantitative estimate of drug-likeness (QED) is 0.577. The van der Waals surface area contributed by atoms with Crippen molar-refractivity contribution < 1.29 is 4.74 Å². The summed E-state index contributed by atoms with van der Waals surface area (Å²) in [5.41, 5.74) is 3.92. The lowest BCUT2D eigenvalue weighted by Gasteiger charge is -2.33. The summed E-state index contributed by atoms with van der Waals surface area (Å²) >= 11 is 0. The van der Waals surface area contributed by atoms with Crippen molar-refractivity contribution in [1.29, 1.82) is 5.26 Å². The number of nitrogens with zero attached hydrogens (tertiary/aromatic N) is 2. The molecule has 29 heavy (non-hydrogen) atoms. The molecule has 1 aliphatic heterocycles. The van der Waals surface area contributed by atoms with Crippen molar-refractivity contribution >= 4 is 0 Å². The molecule has 154 valence electrons. The van der Waals surface area contributed by atoms with Gasteiger partial charge >= 0.3 is 0 Å². The van der Waals surface area contributed by atoms with Gasteiger partial charge in [0, 0.05) is 32.1 Å². The first kappa shape index (κ1) is 21.4. The summed E-state index contributed by atoms with van der Waals surface area (Å²) in [5.74, 6) is 0.874. The van der Waals surface area contributed by atoms with Crippen molar-refractivity contribution in [3.05, 3.63) is 65.2 Å². The molecular weight excluding hydrogens is 358 g/mol. The molecule has 1 heterocycles. The number of benzene rings is 2. The molecule has 0 amide bonds. The lowest BCUT2D eigenvalue weighted by Crippen LogP contribution is -2.36. The van der Waals surface area contributed by atoms with Crippen molar-refractivity contribution in [2.24, 2.45) is 0 Å². The van der Waals surface area contributed by atoms with E-state index in [0.29, 0.717) is 19.1 Å². The molecule has 2 aromatic rings. The monoisotopic (exact) mass is 391 g/mol. The van der Waals surface area contributed by atoms with E-state index in [-0.39, 0.29) is 0 Å². The molecule has 1 N–H and O–H groups in total. The zero-order valence-electron chi connectivity index (χ0n) is 17.6.